The van der Waals surface area contributed by atoms with Crippen LogP contribution >= 0.6 is 27.7 Å². The number of ether oxygens (including phenoxy) is 1. The third kappa shape index (κ3) is 6.43. The molecule has 7 heteroatoms. The molecule has 2 rings (SSSR count). The Morgan fingerprint density at radius 3 is 2.92 bits per heavy atom. The third-order valence-corrected chi connectivity index (χ3v) is 4.89. The van der Waals surface area contributed by atoms with Crippen molar-refractivity contribution in [2.45, 2.75) is 12.7 Å². The zero-order valence-corrected chi connectivity index (χ0v) is 16.1. The Bertz CT molecular complexity index is 753. The van der Waals surface area contributed by atoms with E-state index in [1.54, 1.807) is 12.1 Å². The van der Waals surface area contributed by atoms with E-state index in [9.17, 15) is 9.90 Å². The van der Waals surface area contributed by atoms with Crippen LogP contribution in [0.2, 0.25) is 0 Å². The van der Waals surface area contributed by atoms with E-state index in [1.165, 1.54) is 24.0 Å². The Hall–Kier alpha value is -1.99. The van der Waals surface area contributed by atoms with E-state index < -0.39 is 0 Å². The second-order valence-electron chi connectivity index (χ2n) is 5.04. The Balaban J connectivity index is 1.78. The van der Waals surface area contributed by atoms with E-state index in [-0.39, 0.29) is 11.7 Å². The van der Waals surface area contributed by atoms with Gasteiger partial charge >= 0.3 is 0 Å². The predicted molar refractivity (Wildman–Crippen MR) is 105 cm³/mol. The van der Waals surface area contributed by atoms with E-state index >= 15 is 0 Å². The summed E-state index contributed by atoms with van der Waals surface area (Å²) in [5, 5.41) is 13.6. The zero-order valence-electron chi connectivity index (χ0n) is 13.7. The molecule has 0 atom stereocenters. The summed E-state index contributed by atoms with van der Waals surface area (Å²) in [5.41, 5.74) is 4.37. The molecule has 2 aromatic carbocycles. The molecule has 0 saturated heterocycles. The second-order valence-corrected chi connectivity index (χ2v) is 6.88. The van der Waals surface area contributed by atoms with Crippen LogP contribution in [0.25, 0.3) is 0 Å². The highest BCUT2D eigenvalue weighted by Crippen LogP contribution is 2.26. The van der Waals surface area contributed by atoms with Crippen molar-refractivity contribution < 1.29 is 14.6 Å². The number of phenols is 1. The Kier molecular flexibility index (Phi) is 7.81. The van der Waals surface area contributed by atoms with Gasteiger partial charge in [0.15, 0.2) is 11.5 Å². The molecule has 0 radical (unpaired) electrons. The number of hydrazone groups is 1. The van der Waals surface area contributed by atoms with Gasteiger partial charge in [-0.3, -0.25) is 4.79 Å². The van der Waals surface area contributed by atoms with Gasteiger partial charge in [-0.2, -0.15) is 5.10 Å². The molecular formula is C18H19BrN2O3S. The average molecular weight is 423 g/mol. The highest BCUT2D eigenvalue weighted by atomic mass is 79.9. The number of halogens is 1. The van der Waals surface area contributed by atoms with E-state index in [0.29, 0.717) is 18.1 Å². The number of rotatable bonds is 8. The molecule has 0 aromatic heterocycles. The summed E-state index contributed by atoms with van der Waals surface area (Å²) < 4.78 is 6.34. The maximum absolute atomic E-state index is 11.8. The van der Waals surface area contributed by atoms with Crippen LogP contribution in [0.3, 0.4) is 0 Å². The van der Waals surface area contributed by atoms with E-state index in [2.05, 4.69) is 26.5 Å². The van der Waals surface area contributed by atoms with Crippen molar-refractivity contribution in [2.75, 3.05) is 12.4 Å². The number of nitrogens with zero attached hydrogens (tertiary/aromatic N) is 1. The van der Waals surface area contributed by atoms with Crippen molar-refractivity contribution in [3.05, 3.63) is 58.1 Å². The van der Waals surface area contributed by atoms with Gasteiger partial charge in [-0.05, 0) is 42.3 Å². The average Bonchev–Trinajstić information content (AvgIpc) is 2.60. The van der Waals surface area contributed by atoms with E-state index in [4.69, 9.17) is 4.74 Å². The monoisotopic (exact) mass is 422 g/mol. The summed E-state index contributed by atoms with van der Waals surface area (Å²) in [4.78, 5) is 11.8. The molecule has 0 aliphatic heterocycles. The van der Waals surface area contributed by atoms with Crippen LogP contribution in [0.1, 0.15) is 18.1 Å². The first-order valence-electron chi connectivity index (χ1n) is 7.69. The van der Waals surface area contributed by atoms with Crippen molar-refractivity contribution in [1.82, 2.24) is 5.43 Å². The molecule has 0 bridgehead atoms. The summed E-state index contributed by atoms with van der Waals surface area (Å²) in [7, 11) is 0. The molecule has 0 unspecified atom stereocenters. The minimum absolute atomic E-state index is 0.0755. The lowest BCUT2D eigenvalue weighted by molar-refractivity contribution is -0.118. The fourth-order valence-corrected chi connectivity index (χ4v) is 3.40. The summed E-state index contributed by atoms with van der Waals surface area (Å²) in [6, 6.07) is 12.8. The van der Waals surface area contributed by atoms with Crippen LogP contribution in [0.15, 0.2) is 52.0 Å². The SMILES string of the molecule is CCOc1cc(/C=N\NC(=O)CSCc2ccccc2Br)ccc1O. The summed E-state index contributed by atoms with van der Waals surface area (Å²) in [6.07, 6.45) is 1.51. The number of nitrogens with one attached hydrogen (secondary N) is 1. The number of hydrogen-bond donors (Lipinski definition) is 2. The first-order valence-corrected chi connectivity index (χ1v) is 9.63. The third-order valence-electron chi connectivity index (χ3n) is 3.14. The van der Waals surface area contributed by atoms with Gasteiger partial charge < -0.3 is 9.84 Å². The van der Waals surface area contributed by atoms with Crippen molar-refractivity contribution >= 4 is 39.8 Å². The van der Waals surface area contributed by atoms with Gasteiger partial charge in [0.25, 0.3) is 0 Å². The second kappa shape index (κ2) is 10.1. The molecule has 0 aliphatic rings. The molecule has 2 aromatic rings. The van der Waals surface area contributed by atoms with Crippen molar-refractivity contribution in [3.63, 3.8) is 0 Å². The lowest BCUT2D eigenvalue weighted by Gasteiger charge is -2.06. The Morgan fingerprint density at radius 1 is 1.36 bits per heavy atom. The molecule has 0 spiro atoms. The quantitative estimate of drug-likeness (QED) is 0.499. The molecule has 0 saturated carbocycles. The number of benzene rings is 2. The number of amides is 1. The van der Waals surface area contributed by atoms with Crippen LogP contribution in [0.4, 0.5) is 0 Å². The summed E-state index contributed by atoms with van der Waals surface area (Å²) in [5.74, 6) is 1.36. The van der Waals surface area contributed by atoms with Gasteiger partial charge in [0.2, 0.25) is 5.91 Å². The standard InChI is InChI=1S/C18H19BrN2O3S/c1-2-24-17-9-13(7-8-16(17)22)10-20-21-18(23)12-25-11-14-5-3-4-6-15(14)19/h3-10,22H,2,11-12H2,1H3,(H,21,23)/b20-10-. The number of carbonyl (C=O) groups is 1. The molecule has 0 fully saturated rings. The van der Waals surface area contributed by atoms with E-state index in [0.717, 1.165) is 21.4 Å². The van der Waals surface area contributed by atoms with Gasteiger partial charge in [0.1, 0.15) is 0 Å². The Labute approximate surface area is 159 Å². The number of carbonyl (C=O) groups excluding carboxylic acids is 1. The highest BCUT2D eigenvalue weighted by molar-refractivity contribution is 9.10. The topological polar surface area (TPSA) is 70.9 Å². The molecule has 132 valence electrons. The summed E-state index contributed by atoms with van der Waals surface area (Å²) in [6.45, 7) is 2.30. The molecule has 25 heavy (non-hydrogen) atoms. The number of aromatic hydroxyl groups is 1. The van der Waals surface area contributed by atoms with Gasteiger partial charge in [-0.25, -0.2) is 5.43 Å². The van der Waals surface area contributed by atoms with Crippen LogP contribution in [-0.4, -0.2) is 29.6 Å². The lowest BCUT2D eigenvalue weighted by Crippen LogP contribution is -2.19. The van der Waals surface area contributed by atoms with Crippen molar-refractivity contribution in [2.24, 2.45) is 5.10 Å². The van der Waals surface area contributed by atoms with Crippen molar-refractivity contribution in [3.8, 4) is 11.5 Å². The fourth-order valence-electron chi connectivity index (χ4n) is 1.96. The number of phenolic OH excluding ortho intramolecular Hbond substituents is 1. The van der Waals surface area contributed by atoms with Crippen LogP contribution in [0, 0.1) is 0 Å². The van der Waals surface area contributed by atoms with E-state index in [1.807, 2.05) is 31.2 Å². The largest absolute Gasteiger partial charge is 0.504 e. The predicted octanol–water partition coefficient (Wildman–Crippen LogP) is 3.94. The van der Waals surface area contributed by atoms with Gasteiger partial charge in [0, 0.05) is 10.2 Å². The zero-order chi connectivity index (χ0) is 18.1. The normalized spacial score (nSPS) is 10.8. The van der Waals surface area contributed by atoms with Gasteiger partial charge in [0.05, 0.1) is 18.6 Å². The highest BCUT2D eigenvalue weighted by Gasteiger charge is 2.04. The molecule has 0 heterocycles. The minimum atomic E-state index is -0.169. The van der Waals surface area contributed by atoms with Crippen LogP contribution < -0.4 is 10.2 Å². The fraction of sp³-hybridized carbons (Fsp3) is 0.222. The first kappa shape index (κ1) is 19.3. The smallest absolute Gasteiger partial charge is 0.250 e. The van der Waals surface area contributed by atoms with Gasteiger partial charge in [-0.1, -0.05) is 34.1 Å². The summed E-state index contributed by atoms with van der Waals surface area (Å²) >= 11 is 5.00. The number of hydrogen-bond acceptors (Lipinski definition) is 5. The molecule has 2 N–H and O–H groups in total. The minimum Gasteiger partial charge on any atom is -0.504 e. The Morgan fingerprint density at radius 2 is 2.16 bits per heavy atom. The molecule has 0 aliphatic carbocycles. The lowest BCUT2D eigenvalue weighted by atomic mass is 10.2. The van der Waals surface area contributed by atoms with Gasteiger partial charge in [-0.15, -0.1) is 11.8 Å². The van der Waals surface area contributed by atoms with Crippen molar-refractivity contribution in [1.29, 1.82) is 0 Å². The molecular weight excluding hydrogens is 404 g/mol. The molecule has 5 nitrogen and oxygen atoms in total. The first-order chi connectivity index (χ1) is 12.1. The van der Waals surface area contributed by atoms with Crippen LogP contribution in [-0.2, 0) is 10.5 Å². The molecule has 1 amide bonds. The maximum atomic E-state index is 11.8. The maximum Gasteiger partial charge on any atom is 0.250 e. The van der Waals surface area contributed by atoms with Crippen LogP contribution in [0.5, 0.6) is 11.5 Å². The number of thioether (sulfide) groups is 1.